The van der Waals surface area contributed by atoms with Gasteiger partial charge >= 0.3 is 20.2 Å². The molecule has 2 aromatic carbocycles. The van der Waals surface area contributed by atoms with Crippen LogP contribution in [0, 0.1) is 20.8 Å². The van der Waals surface area contributed by atoms with Crippen LogP contribution < -0.4 is 0 Å². The summed E-state index contributed by atoms with van der Waals surface area (Å²) in [4.78, 5) is 0.0543. The number of oxime groups is 2. The molecular formula is C21H20N2O6S2. The van der Waals surface area contributed by atoms with Crippen LogP contribution in [0.2, 0.25) is 0 Å². The summed E-state index contributed by atoms with van der Waals surface area (Å²) in [7, 11) is -8.14. The van der Waals surface area contributed by atoms with Gasteiger partial charge in [-0.05, 0) is 68.3 Å². The number of allylic oxidation sites excluding steroid dienone is 4. The van der Waals surface area contributed by atoms with Crippen molar-refractivity contribution in [3.05, 3.63) is 83.5 Å². The lowest BCUT2D eigenvalue weighted by molar-refractivity contribution is 0.338. The highest BCUT2D eigenvalue weighted by atomic mass is 32.2. The molecule has 0 saturated heterocycles. The van der Waals surface area contributed by atoms with Crippen LogP contribution in [0.1, 0.15) is 16.7 Å². The van der Waals surface area contributed by atoms with E-state index in [1.54, 1.807) is 44.2 Å². The molecule has 0 saturated carbocycles. The quantitative estimate of drug-likeness (QED) is 0.481. The SMILES string of the molecule is Cc1cc(C)c(S(=O)(=O)ON=C2C=CC(=NOS(=O)(=O)c3ccccc3)C=C2)c(C)c1. The first-order chi connectivity index (χ1) is 14.6. The van der Waals surface area contributed by atoms with E-state index in [1.165, 1.54) is 36.4 Å². The van der Waals surface area contributed by atoms with Crippen molar-refractivity contribution < 1.29 is 25.4 Å². The summed E-state index contributed by atoms with van der Waals surface area (Å²) < 4.78 is 58.8. The van der Waals surface area contributed by atoms with Crippen molar-refractivity contribution in [3.63, 3.8) is 0 Å². The maximum Gasteiger partial charge on any atom is 0.359 e. The molecule has 0 spiro atoms. The highest BCUT2D eigenvalue weighted by Gasteiger charge is 2.22. The average molecular weight is 461 g/mol. The topological polar surface area (TPSA) is 111 Å². The van der Waals surface area contributed by atoms with Gasteiger partial charge in [-0.15, -0.1) is 0 Å². The van der Waals surface area contributed by atoms with Crippen molar-refractivity contribution in [2.45, 2.75) is 30.6 Å². The van der Waals surface area contributed by atoms with E-state index in [1.807, 2.05) is 6.92 Å². The van der Waals surface area contributed by atoms with Gasteiger partial charge in [0.1, 0.15) is 21.2 Å². The van der Waals surface area contributed by atoms with E-state index in [2.05, 4.69) is 14.6 Å². The Labute approximate surface area is 181 Å². The summed E-state index contributed by atoms with van der Waals surface area (Å²) in [5.74, 6) is 0. The van der Waals surface area contributed by atoms with E-state index in [-0.39, 0.29) is 21.2 Å². The molecule has 0 bridgehead atoms. The van der Waals surface area contributed by atoms with Gasteiger partial charge in [-0.3, -0.25) is 8.57 Å². The third-order valence-electron chi connectivity index (χ3n) is 4.22. The van der Waals surface area contributed by atoms with Gasteiger partial charge in [0, 0.05) is 0 Å². The van der Waals surface area contributed by atoms with E-state index < -0.39 is 20.2 Å². The summed E-state index contributed by atoms with van der Waals surface area (Å²) in [6, 6.07) is 11.1. The van der Waals surface area contributed by atoms with Gasteiger partial charge in [0.15, 0.2) is 0 Å². The maximum atomic E-state index is 12.6. The molecular weight excluding hydrogens is 440 g/mol. The Bertz CT molecular complexity index is 1280. The lowest BCUT2D eigenvalue weighted by Gasteiger charge is -2.10. The minimum absolute atomic E-state index is 0.0225. The Hall–Kier alpha value is -3.24. The number of hydrogen-bond donors (Lipinski definition) is 0. The molecule has 0 aliphatic heterocycles. The van der Waals surface area contributed by atoms with Crippen molar-refractivity contribution in [1.82, 2.24) is 0 Å². The van der Waals surface area contributed by atoms with Gasteiger partial charge in [-0.2, -0.15) is 16.8 Å². The van der Waals surface area contributed by atoms with Crippen molar-refractivity contribution in [2.24, 2.45) is 10.3 Å². The molecule has 8 nitrogen and oxygen atoms in total. The molecule has 0 N–H and O–H groups in total. The number of rotatable bonds is 6. The first-order valence-corrected chi connectivity index (χ1v) is 11.9. The molecule has 0 heterocycles. The molecule has 0 amide bonds. The zero-order valence-electron chi connectivity index (χ0n) is 17.0. The Morgan fingerprint density at radius 3 is 1.61 bits per heavy atom. The van der Waals surface area contributed by atoms with Gasteiger partial charge in [0.05, 0.1) is 0 Å². The minimum Gasteiger partial charge on any atom is -0.264 e. The molecule has 1 aliphatic rings. The largest absolute Gasteiger partial charge is 0.359 e. The molecule has 0 fully saturated rings. The summed E-state index contributed by atoms with van der Waals surface area (Å²) in [5, 5.41) is 7.26. The van der Waals surface area contributed by atoms with Crippen LogP contribution in [0.5, 0.6) is 0 Å². The van der Waals surface area contributed by atoms with E-state index in [0.717, 1.165) is 5.56 Å². The third kappa shape index (κ3) is 5.47. The van der Waals surface area contributed by atoms with E-state index in [0.29, 0.717) is 11.1 Å². The Balaban J connectivity index is 1.71. The van der Waals surface area contributed by atoms with Crippen LogP contribution in [0.3, 0.4) is 0 Å². The summed E-state index contributed by atoms with van der Waals surface area (Å²) >= 11 is 0. The summed E-state index contributed by atoms with van der Waals surface area (Å²) in [6.07, 6.45) is 5.67. The predicted octanol–water partition coefficient (Wildman–Crippen LogP) is 3.56. The number of benzene rings is 2. The molecule has 0 radical (unpaired) electrons. The second kappa shape index (κ2) is 8.86. The molecule has 0 aromatic heterocycles. The van der Waals surface area contributed by atoms with Crippen molar-refractivity contribution in [2.75, 3.05) is 0 Å². The van der Waals surface area contributed by atoms with Crippen LogP contribution in [0.15, 0.2) is 86.9 Å². The van der Waals surface area contributed by atoms with Gasteiger partial charge in [-0.25, -0.2) is 0 Å². The van der Waals surface area contributed by atoms with Crippen LogP contribution in [0.4, 0.5) is 0 Å². The number of aryl methyl sites for hydroxylation is 3. The van der Waals surface area contributed by atoms with Crippen molar-refractivity contribution >= 4 is 31.7 Å². The molecule has 31 heavy (non-hydrogen) atoms. The molecule has 162 valence electrons. The Morgan fingerprint density at radius 1 is 0.677 bits per heavy atom. The second-order valence-corrected chi connectivity index (χ2v) is 9.79. The van der Waals surface area contributed by atoms with Gasteiger partial charge in [0.2, 0.25) is 0 Å². The van der Waals surface area contributed by atoms with E-state index in [4.69, 9.17) is 4.28 Å². The molecule has 1 aliphatic carbocycles. The minimum atomic E-state index is -4.10. The lowest BCUT2D eigenvalue weighted by atomic mass is 10.1. The van der Waals surface area contributed by atoms with Crippen molar-refractivity contribution in [3.8, 4) is 0 Å². The summed E-state index contributed by atoms with van der Waals surface area (Å²) in [5.41, 5.74) is 2.49. The Kier molecular flexibility index (Phi) is 6.42. The molecule has 2 aromatic rings. The highest BCUT2D eigenvalue weighted by molar-refractivity contribution is 7.87. The normalized spacial score (nSPS) is 13.8. The zero-order chi connectivity index (χ0) is 22.6. The second-order valence-electron chi connectivity index (χ2n) is 6.80. The highest BCUT2D eigenvalue weighted by Crippen LogP contribution is 2.24. The number of hydrogen-bond acceptors (Lipinski definition) is 8. The van der Waals surface area contributed by atoms with Crippen LogP contribution in [-0.2, 0) is 28.8 Å². The van der Waals surface area contributed by atoms with Gasteiger partial charge < -0.3 is 0 Å². The maximum absolute atomic E-state index is 12.6. The average Bonchev–Trinajstić information content (AvgIpc) is 2.71. The fraction of sp³-hybridized carbons (Fsp3) is 0.143. The van der Waals surface area contributed by atoms with Crippen molar-refractivity contribution in [1.29, 1.82) is 0 Å². The molecule has 0 atom stereocenters. The summed E-state index contributed by atoms with van der Waals surface area (Å²) in [6.45, 7) is 5.26. The van der Waals surface area contributed by atoms with Gasteiger partial charge in [0.25, 0.3) is 0 Å². The molecule has 0 unspecified atom stereocenters. The molecule has 10 heteroatoms. The lowest BCUT2D eigenvalue weighted by Crippen LogP contribution is -2.10. The molecule has 3 rings (SSSR count). The third-order valence-corrected chi connectivity index (χ3v) is 6.75. The predicted molar refractivity (Wildman–Crippen MR) is 117 cm³/mol. The number of nitrogens with zero attached hydrogens (tertiary/aromatic N) is 2. The fourth-order valence-electron chi connectivity index (χ4n) is 2.99. The zero-order valence-corrected chi connectivity index (χ0v) is 18.6. The first kappa shape index (κ1) is 22.4. The Morgan fingerprint density at radius 2 is 1.13 bits per heavy atom. The van der Waals surface area contributed by atoms with Gasteiger partial charge in [-0.1, -0.05) is 46.2 Å². The van der Waals surface area contributed by atoms with Crippen LogP contribution >= 0.6 is 0 Å². The van der Waals surface area contributed by atoms with Crippen LogP contribution in [0.25, 0.3) is 0 Å². The fourth-order valence-corrected chi connectivity index (χ4v) is 4.91. The standard InChI is InChI=1S/C21H20N2O6S2/c1-15-13-16(2)21(17(3)14-15)31(26,27)29-23-19-11-9-18(10-12-19)22-28-30(24,25)20-7-5-4-6-8-20/h4-14H,1-3H3. The van der Waals surface area contributed by atoms with E-state index >= 15 is 0 Å². The smallest absolute Gasteiger partial charge is 0.264 e. The first-order valence-electron chi connectivity index (χ1n) is 9.11. The monoisotopic (exact) mass is 460 g/mol. The van der Waals surface area contributed by atoms with Crippen LogP contribution in [-0.4, -0.2) is 28.3 Å². The van der Waals surface area contributed by atoms with E-state index in [9.17, 15) is 16.8 Å².